The zero-order chi connectivity index (χ0) is 10.1. The van der Waals surface area contributed by atoms with Crippen molar-refractivity contribution >= 4 is 15.9 Å². The summed E-state index contributed by atoms with van der Waals surface area (Å²) in [6.07, 6.45) is 0. The highest BCUT2D eigenvalue weighted by molar-refractivity contribution is 9.10. The lowest BCUT2D eigenvalue weighted by molar-refractivity contribution is -0.0257. The summed E-state index contributed by atoms with van der Waals surface area (Å²) >= 11 is 3.36. The van der Waals surface area contributed by atoms with Gasteiger partial charge in [-0.3, -0.25) is 0 Å². The average Bonchev–Trinajstić information content (AvgIpc) is 1.94. The molecule has 0 spiro atoms. The number of benzene rings is 1. The lowest BCUT2D eigenvalue weighted by atomic mass is 10.2. The molecule has 1 aromatic carbocycles. The number of aryl methyl sites for hydroxylation is 1. The van der Waals surface area contributed by atoms with E-state index in [0.29, 0.717) is 5.75 Å². The summed E-state index contributed by atoms with van der Waals surface area (Å²) in [6, 6.07) is 5.38. The van der Waals surface area contributed by atoms with E-state index in [9.17, 15) is 4.39 Å². The molecule has 1 nitrogen and oxygen atoms in total. The van der Waals surface area contributed by atoms with Gasteiger partial charge < -0.3 is 4.74 Å². The Balaban J connectivity index is 2.86. The quantitative estimate of drug-likeness (QED) is 0.771. The van der Waals surface area contributed by atoms with Gasteiger partial charge in [-0.05, 0) is 30.7 Å². The Hall–Kier alpha value is -0.570. The Labute approximate surface area is 86.0 Å². The van der Waals surface area contributed by atoms with Crippen molar-refractivity contribution < 1.29 is 9.13 Å². The van der Waals surface area contributed by atoms with Crippen molar-refractivity contribution in [3.63, 3.8) is 0 Å². The lowest BCUT2D eigenvalue weighted by Gasteiger charge is -2.17. The fourth-order valence-electron chi connectivity index (χ4n) is 0.961. The molecule has 0 radical (unpaired) electrons. The molecule has 0 saturated heterocycles. The van der Waals surface area contributed by atoms with Crippen LogP contribution in [-0.2, 0) is 0 Å². The maximum absolute atomic E-state index is 13.1. The van der Waals surface area contributed by atoms with Gasteiger partial charge in [-0.25, -0.2) is 0 Å². The molecular formula is C10H12BrFO. The minimum atomic E-state index is -1.62. The van der Waals surface area contributed by atoms with Gasteiger partial charge in [0.1, 0.15) is 5.75 Å². The van der Waals surface area contributed by atoms with Gasteiger partial charge in [-0.2, -0.15) is 4.39 Å². The van der Waals surface area contributed by atoms with Gasteiger partial charge in [0.05, 0.1) is 0 Å². The van der Waals surface area contributed by atoms with Gasteiger partial charge in [-0.15, -0.1) is 0 Å². The predicted octanol–water partition coefficient (Wildman–Crippen LogP) is 3.84. The second-order valence-corrected chi connectivity index (χ2v) is 4.23. The Kier molecular flexibility index (Phi) is 2.96. The molecular weight excluding hydrogens is 235 g/mol. The monoisotopic (exact) mass is 246 g/mol. The van der Waals surface area contributed by atoms with E-state index in [2.05, 4.69) is 15.9 Å². The van der Waals surface area contributed by atoms with Crippen molar-refractivity contribution in [3.05, 3.63) is 28.2 Å². The minimum absolute atomic E-state index is 0.549. The first-order valence-electron chi connectivity index (χ1n) is 4.02. The van der Waals surface area contributed by atoms with Crippen molar-refractivity contribution in [2.75, 3.05) is 0 Å². The maximum Gasteiger partial charge on any atom is 0.242 e. The average molecular weight is 247 g/mol. The van der Waals surface area contributed by atoms with E-state index in [1.807, 2.05) is 13.0 Å². The van der Waals surface area contributed by atoms with Crippen LogP contribution < -0.4 is 4.74 Å². The highest BCUT2D eigenvalue weighted by Crippen LogP contribution is 2.24. The Morgan fingerprint density at radius 3 is 2.46 bits per heavy atom. The number of ether oxygens (including phenoxy) is 1. The van der Waals surface area contributed by atoms with Gasteiger partial charge in [0.2, 0.25) is 5.85 Å². The smallest absolute Gasteiger partial charge is 0.242 e. The third-order valence-electron chi connectivity index (χ3n) is 1.49. The Morgan fingerprint density at radius 1 is 1.38 bits per heavy atom. The van der Waals surface area contributed by atoms with E-state index in [4.69, 9.17) is 4.74 Å². The summed E-state index contributed by atoms with van der Waals surface area (Å²) in [4.78, 5) is 0. The third-order valence-corrected chi connectivity index (χ3v) is 2.38. The van der Waals surface area contributed by atoms with E-state index < -0.39 is 5.85 Å². The summed E-state index contributed by atoms with van der Waals surface area (Å²) < 4.78 is 19.1. The molecule has 0 aromatic heterocycles. The van der Waals surface area contributed by atoms with Gasteiger partial charge in [0, 0.05) is 18.3 Å². The molecule has 0 saturated carbocycles. The molecule has 0 amide bonds. The molecule has 0 heterocycles. The van der Waals surface area contributed by atoms with Gasteiger partial charge in [-0.1, -0.05) is 15.9 Å². The first-order valence-corrected chi connectivity index (χ1v) is 4.82. The molecule has 3 heteroatoms. The predicted molar refractivity (Wildman–Crippen MR) is 54.7 cm³/mol. The SMILES string of the molecule is Cc1cc(OC(C)(C)F)ccc1Br. The van der Waals surface area contributed by atoms with Crippen LogP contribution in [0.15, 0.2) is 22.7 Å². The molecule has 13 heavy (non-hydrogen) atoms. The molecule has 0 aliphatic rings. The summed E-state index contributed by atoms with van der Waals surface area (Å²) in [7, 11) is 0. The molecule has 0 atom stereocenters. The topological polar surface area (TPSA) is 9.23 Å². The Bertz CT molecular complexity index is 304. The second-order valence-electron chi connectivity index (χ2n) is 3.38. The molecule has 1 rings (SSSR count). The molecule has 0 aliphatic carbocycles. The molecule has 1 aromatic rings. The van der Waals surface area contributed by atoms with Crippen LogP contribution in [0.3, 0.4) is 0 Å². The summed E-state index contributed by atoms with van der Waals surface area (Å²) in [5.41, 5.74) is 1.03. The van der Waals surface area contributed by atoms with E-state index in [-0.39, 0.29) is 0 Å². The van der Waals surface area contributed by atoms with Crippen LogP contribution in [-0.4, -0.2) is 5.85 Å². The second kappa shape index (κ2) is 3.66. The normalized spacial score (nSPS) is 11.5. The van der Waals surface area contributed by atoms with Crippen molar-refractivity contribution in [1.29, 1.82) is 0 Å². The minimum Gasteiger partial charge on any atom is -0.459 e. The Morgan fingerprint density at radius 2 is 2.00 bits per heavy atom. The van der Waals surface area contributed by atoms with E-state index >= 15 is 0 Å². The van der Waals surface area contributed by atoms with E-state index in [1.54, 1.807) is 12.1 Å². The number of rotatable bonds is 2. The van der Waals surface area contributed by atoms with Crippen molar-refractivity contribution in [1.82, 2.24) is 0 Å². The zero-order valence-electron chi connectivity index (χ0n) is 7.90. The van der Waals surface area contributed by atoms with Crippen molar-refractivity contribution in [3.8, 4) is 5.75 Å². The molecule has 0 aliphatic heterocycles. The molecule has 0 N–H and O–H groups in total. The summed E-state index contributed by atoms with van der Waals surface area (Å²) in [6.45, 7) is 4.69. The first kappa shape index (κ1) is 10.5. The number of hydrogen-bond donors (Lipinski definition) is 0. The van der Waals surface area contributed by atoms with Crippen LogP contribution in [0.25, 0.3) is 0 Å². The largest absolute Gasteiger partial charge is 0.459 e. The summed E-state index contributed by atoms with van der Waals surface area (Å²) in [5.74, 6) is -1.08. The van der Waals surface area contributed by atoms with Crippen LogP contribution in [0, 0.1) is 6.92 Å². The number of halogens is 2. The molecule has 0 unspecified atom stereocenters. The standard InChI is InChI=1S/C10H12BrFO/c1-7-6-8(4-5-9(7)11)13-10(2,3)12/h4-6H,1-3H3. The first-order chi connectivity index (χ1) is 5.88. The zero-order valence-corrected chi connectivity index (χ0v) is 9.48. The highest BCUT2D eigenvalue weighted by atomic mass is 79.9. The van der Waals surface area contributed by atoms with Gasteiger partial charge in [0.15, 0.2) is 0 Å². The van der Waals surface area contributed by atoms with Crippen LogP contribution in [0.2, 0.25) is 0 Å². The molecule has 0 bridgehead atoms. The van der Waals surface area contributed by atoms with E-state index in [0.717, 1.165) is 10.0 Å². The fourth-order valence-corrected chi connectivity index (χ4v) is 1.21. The molecule has 0 fully saturated rings. The number of hydrogen-bond acceptors (Lipinski definition) is 1. The lowest BCUT2D eigenvalue weighted by Crippen LogP contribution is -2.20. The highest BCUT2D eigenvalue weighted by Gasteiger charge is 2.16. The van der Waals surface area contributed by atoms with E-state index in [1.165, 1.54) is 13.8 Å². The van der Waals surface area contributed by atoms with Crippen molar-refractivity contribution in [2.45, 2.75) is 26.6 Å². The molecule has 72 valence electrons. The van der Waals surface area contributed by atoms with Gasteiger partial charge >= 0.3 is 0 Å². The van der Waals surface area contributed by atoms with Crippen LogP contribution >= 0.6 is 15.9 Å². The fraction of sp³-hybridized carbons (Fsp3) is 0.400. The van der Waals surface area contributed by atoms with Crippen molar-refractivity contribution in [2.24, 2.45) is 0 Å². The van der Waals surface area contributed by atoms with Crippen LogP contribution in [0.5, 0.6) is 5.75 Å². The summed E-state index contributed by atoms with van der Waals surface area (Å²) in [5, 5.41) is 0. The maximum atomic E-state index is 13.1. The van der Waals surface area contributed by atoms with Crippen LogP contribution in [0.1, 0.15) is 19.4 Å². The van der Waals surface area contributed by atoms with Crippen LogP contribution in [0.4, 0.5) is 4.39 Å². The third kappa shape index (κ3) is 3.35. The number of alkyl halides is 1. The van der Waals surface area contributed by atoms with Gasteiger partial charge in [0.25, 0.3) is 0 Å².